The van der Waals surface area contributed by atoms with E-state index in [0.29, 0.717) is 6.04 Å². The van der Waals surface area contributed by atoms with Crippen LogP contribution < -0.4 is 5.32 Å². The molecule has 3 nitrogen and oxygen atoms in total. The van der Waals surface area contributed by atoms with Crippen molar-refractivity contribution < 1.29 is 0 Å². The topological polar surface area (TPSA) is 18.5 Å². The zero-order valence-corrected chi connectivity index (χ0v) is 11.9. The van der Waals surface area contributed by atoms with E-state index in [1.54, 1.807) is 0 Å². The molecule has 2 fully saturated rings. The van der Waals surface area contributed by atoms with Crippen LogP contribution in [0, 0.1) is 5.92 Å². The van der Waals surface area contributed by atoms with Crippen LogP contribution in [0.1, 0.15) is 33.1 Å². The number of hydrogen-bond acceptors (Lipinski definition) is 3. The molecule has 1 saturated heterocycles. The molecule has 3 unspecified atom stereocenters. The molecule has 0 amide bonds. The standard InChI is InChI=1S/C14H29N3/c1-11(7-8-16(3)4)17-10-14(13-5-6-13)15-9-12(17)2/h11-15H,5-10H2,1-4H3. The van der Waals surface area contributed by atoms with Crippen molar-refractivity contribution in [2.45, 2.75) is 51.2 Å². The van der Waals surface area contributed by atoms with Gasteiger partial charge in [-0.3, -0.25) is 4.90 Å². The zero-order valence-electron chi connectivity index (χ0n) is 11.9. The summed E-state index contributed by atoms with van der Waals surface area (Å²) in [5.41, 5.74) is 0. The fourth-order valence-corrected chi connectivity index (χ4v) is 2.95. The molecule has 1 saturated carbocycles. The Labute approximate surface area is 107 Å². The molecule has 2 rings (SSSR count). The zero-order chi connectivity index (χ0) is 12.4. The van der Waals surface area contributed by atoms with Gasteiger partial charge < -0.3 is 10.2 Å². The maximum atomic E-state index is 3.73. The van der Waals surface area contributed by atoms with E-state index in [9.17, 15) is 0 Å². The van der Waals surface area contributed by atoms with Crippen molar-refractivity contribution in [3.63, 3.8) is 0 Å². The molecule has 1 heterocycles. The van der Waals surface area contributed by atoms with Gasteiger partial charge in [0.25, 0.3) is 0 Å². The molecule has 0 aromatic carbocycles. The third-order valence-corrected chi connectivity index (χ3v) is 4.40. The Balaban J connectivity index is 1.83. The maximum absolute atomic E-state index is 3.73. The number of nitrogens with zero attached hydrogens (tertiary/aromatic N) is 2. The van der Waals surface area contributed by atoms with Gasteiger partial charge in [0, 0.05) is 31.2 Å². The van der Waals surface area contributed by atoms with Gasteiger partial charge >= 0.3 is 0 Å². The largest absolute Gasteiger partial charge is 0.311 e. The van der Waals surface area contributed by atoms with E-state index in [0.717, 1.165) is 18.0 Å². The lowest BCUT2D eigenvalue weighted by molar-refractivity contribution is 0.0846. The van der Waals surface area contributed by atoms with Crippen LogP contribution in [-0.2, 0) is 0 Å². The molecule has 3 heteroatoms. The summed E-state index contributed by atoms with van der Waals surface area (Å²) in [5, 5.41) is 3.73. The molecule has 0 spiro atoms. The molecule has 2 aliphatic rings. The van der Waals surface area contributed by atoms with E-state index in [1.165, 1.54) is 38.9 Å². The summed E-state index contributed by atoms with van der Waals surface area (Å²) in [7, 11) is 4.34. The van der Waals surface area contributed by atoms with Crippen molar-refractivity contribution in [2.75, 3.05) is 33.7 Å². The van der Waals surface area contributed by atoms with Gasteiger partial charge in [0.1, 0.15) is 0 Å². The minimum atomic E-state index is 0.696. The lowest BCUT2D eigenvalue weighted by atomic mass is 10.0. The molecule has 0 aromatic heterocycles. The fraction of sp³-hybridized carbons (Fsp3) is 1.00. The lowest BCUT2D eigenvalue weighted by Gasteiger charge is -2.42. The molecule has 1 aliphatic carbocycles. The highest BCUT2D eigenvalue weighted by Crippen LogP contribution is 2.34. The van der Waals surface area contributed by atoms with Gasteiger partial charge in [-0.25, -0.2) is 0 Å². The Hall–Kier alpha value is -0.120. The first kappa shape index (κ1) is 13.3. The second-order valence-corrected chi connectivity index (χ2v) is 6.34. The molecule has 100 valence electrons. The molecular weight excluding hydrogens is 210 g/mol. The van der Waals surface area contributed by atoms with E-state index in [4.69, 9.17) is 0 Å². The molecule has 0 aromatic rings. The summed E-state index contributed by atoms with van der Waals surface area (Å²) in [6.45, 7) is 8.40. The van der Waals surface area contributed by atoms with Gasteiger partial charge in [-0.05, 0) is 59.7 Å². The molecule has 3 atom stereocenters. The van der Waals surface area contributed by atoms with Gasteiger partial charge in [-0.15, -0.1) is 0 Å². The third-order valence-electron chi connectivity index (χ3n) is 4.40. The van der Waals surface area contributed by atoms with Crippen LogP contribution in [0.25, 0.3) is 0 Å². The van der Waals surface area contributed by atoms with E-state index in [1.807, 2.05) is 0 Å². The first-order chi connectivity index (χ1) is 8.08. The first-order valence-corrected chi connectivity index (χ1v) is 7.21. The van der Waals surface area contributed by atoms with Crippen LogP contribution in [0.3, 0.4) is 0 Å². The SMILES string of the molecule is CC(CCN(C)C)N1CC(C2CC2)NCC1C. The summed E-state index contributed by atoms with van der Waals surface area (Å²) in [5.74, 6) is 0.978. The fourth-order valence-electron chi connectivity index (χ4n) is 2.95. The highest BCUT2D eigenvalue weighted by atomic mass is 15.3. The summed E-state index contributed by atoms with van der Waals surface area (Å²) in [6.07, 6.45) is 4.19. The van der Waals surface area contributed by atoms with E-state index in [-0.39, 0.29) is 0 Å². The summed E-state index contributed by atoms with van der Waals surface area (Å²) in [6, 6.07) is 2.19. The van der Waals surface area contributed by atoms with E-state index >= 15 is 0 Å². The molecule has 1 aliphatic heterocycles. The smallest absolute Gasteiger partial charge is 0.0224 e. The molecule has 0 bridgehead atoms. The van der Waals surface area contributed by atoms with Gasteiger partial charge in [-0.2, -0.15) is 0 Å². The maximum Gasteiger partial charge on any atom is 0.0224 e. The van der Waals surface area contributed by atoms with Crippen molar-refractivity contribution in [1.29, 1.82) is 0 Å². The monoisotopic (exact) mass is 239 g/mol. The molecule has 17 heavy (non-hydrogen) atoms. The van der Waals surface area contributed by atoms with Gasteiger partial charge in [0.15, 0.2) is 0 Å². The lowest BCUT2D eigenvalue weighted by Crippen LogP contribution is -2.58. The summed E-state index contributed by atoms with van der Waals surface area (Å²) < 4.78 is 0. The highest BCUT2D eigenvalue weighted by Gasteiger charge is 2.37. The number of piperazine rings is 1. The average molecular weight is 239 g/mol. The molecule has 1 N–H and O–H groups in total. The molecule has 0 radical (unpaired) electrons. The van der Waals surface area contributed by atoms with Crippen LogP contribution in [-0.4, -0.2) is 61.7 Å². The Kier molecular flexibility index (Phi) is 4.45. The van der Waals surface area contributed by atoms with E-state index < -0.39 is 0 Å². The van der Waals surface area contributed by atoms with Crippen LogP contribution in [0.4, 0.5) is 0 Å². The third kappa shape index (κ3) is 3.67. The second kappa shape index (κ2) is 5.68. The van der Waals surface area contributed by atoms with Crippen molar-refractivity contribution >= 4 is 0 Å². The van der Waals surface area contributed by atoms with Crippen molar-refractivity contribution in [2.24, 2.45) is 5.92 Å². The Morgan fingerprint density at radius 3 is 2.65 bits per heavy atom. The summed E-state index contributed by atoms with van der Waals surface area (Å²) in [4.78, 5) is 5.02. The highest BCUT2D eigenvalue weighted by molar-refractivity contribution is 4.94. The number of rotatable bonds is 5. The predicted octanol–water partition coefficient (Wildman–Crippen LogP) is 1.40. The van der Waals surface area contributed by atoms with Gasteiger partial charge in [0.05, 0.1) is 0 Å². The van der Waals surface area contributed by atoms with Crippen LogP contribution in [0.5, 0.6) is 0 Å². The van der Waals surface area contributed by atoms with Gasteiger partial charge in [0.2, 0.25) is 0 Å². The van der Waals surface area contributed by atoms with Gasteiger partial charge in [-0.1, -0.05) is 0 Å². The Morgan fingerprint density at radius 2 is 2.06 bits per heavy atom. The Morgan fingerprint density at radius 1 is 1.35 bits per heavy atom. The van der Waals surface area contributed by atoms with Crippen LogP contribution >= 0.6 is 0 Å². The van der Waals surface area contributed by atoms with E-state index in [2.05, 4.69) is 43.1 Å². The average Bonchev–Trinajstić information content (AvgIpc) is 3.10. The predicted molar refractivity (Wildman–Crippen MR) is 73.3 cm³/mol. The second-order valence-electron chi connectivity index (χ2n) is 6.34. The van der Waals surface area contributed by atoms with Crippen molar-refractivity contribution in [3.8, 4) is 0 Å². The number of nitrogens with one attached hydrogen (secondary N) is 1. The minimum Gasteiger partial charge on any atom is -0.311 e. The normalized spacial score (nSPS) is 33.0. The van der Waals surface area contributed by atoms with Crippen molar-refractivity contribution in [3.05, 3.63) is 0 Å². The molecular formula is C14H29N3. The quantitative estimate of drug-likeness (QED) is 0.782. The van der Waals surface area contributed by atoms with Crippen molar-refractivity contribution in [1.82, 2.24) is 15.1 Å². The summed E-state index contributed by atoms with van der Waals surface area (Å²) >= 11 is 0. The van der Waals surface area contributed by atoms with Crippen LogP contribution in [0.15, 0.2) is 0 Å². The number of hydrogen-bond donors (Lipinski definition) is 1. The van der Waals surface area contributed by atoms with Crippen LogP contribution in [0.2, 0.25) is 0 Å². The Bertz CT molecular complexity index is 238. The first-order valence-electron chi connectivity index (χ1n) is 7.21. The minimum absolute atomic E-state index is 0.696.